The molecule has 0 aliphatic carbocycles. The number of nitrogens with zero attached hydrogens (tertiary/aromatic N) is 5. The number of carbonyl (C=O) groups is 1. The van der Waals surface area contributed by atoms with E-state index < -0.39 is 28.5 Å². The summed E-state index contributed by atoms with van der Waals surface area (Å²) in [6.45, 7) is 1.93. The van der Waals surface area contributed by atoms with Crippen LogP contribution in [-0.2, 0) is 4.79 Å². The molecular weight excluding hydrogens is 515 g/mol. The Balaban J connectivity index is 1.68. The Morgan fingerprint density at radius 3 is 2.50 bits per heavy atom. The normalized spacial score (nSPS) is 11.3. The largest absolute Gasteiger partial charge is 0.493 e. The number of fused-ring (bicyclic) bond motifs is 1. The Hall–Kier alpha value is -5.15. The van der Waals surface area contributed by atoms with Crippen molar-refractivity contribution in [3.05, 3.63) is 68.8 Å². The number of hydrogen-bond acceptors (Lipinski definition) is 11. The first-order valence-electron chi connectivity index (χ1n) is 10.6. The molecule has 2 aromatic carbocycles. The van der Waals surface area contributed by atoms with E-state index in [4.69, 9.17) is 4.42 Å². The Bertz CT molecular complexity index is 1610. The Kier molecular flexibility index (Phi) is 6.63. The summed E-state index contributed by atoms with van der Waals surface area (Å²) in [4.78, 5) is 48.1. The minimum absolute atomic E-state index is 0.00654. The molecule has 2 aromatic heterocycles. The minimum Gasteiger partial charge on any atom is -0.405 e. The van der Waals surface area contributed by atoms with Crippen LogP contribution in [0.25, 0.3) is 11.1 Å². The second-order valence-corrected chi connectivity index (χ2v) is 8.05. The maximum absolute atomic E-state index is 12.6. The predicted octanol–water partition coefficient (Wildman–Crippen LogP) is 3.67. The first-order chi connectivity index (χ1) is 17.8. The van der Waals surface area contributed by atoms with Crippen LogP contribution in [0.2, 0.25) is 0 Å². The first kappa shape index (κ1) is 25.9. The molecule has 2 heterocycles. The van der Waals surface area contributed by atoms with E-state index >= 15 is 0 Å². The number of aromatic nitrogens is 3. The summed E-state index contributed by atoms with van der Waals surface area (Å²) in [5, 5.41) is 17.2. The Labute approximate surface area is 210 Å². The van der Waals surface area contributed by atoms with Gasteiger partial charge in [0.25, 0.3) is 0 Å². The molecule has 38 heavy (non-hydrogen) atoms. The molecule has 0 bridgehead atoms. The van der Waals surface area contributed by atoms with Crippen LogP contribution in [-0.4, -0.2) is 45.9 Å². The summed E-state index contributed by atoms with van der Waals surface area (Å²) < 4.78 is 42.7. The standard InChI is InChI=1S/C22H18F3N7O6/c1-11-4-5-13(8-14(11)30(2)3)28-20-26-10-16(32(35)36)18(29-20)27-12-6-7-17-15(9-12)31(21(34)37-17)38-19(33)22(23,24)25/h4-10H,1-3H3,(H2,26,27,28,29). The van der Waals surface area contributed by atoms with Crippen molar-refractivity contribution in [2.24, 2.45) is 0 Å². The number of aryl methyl sites for hydroxylation is 1. The maximum Gasteiger partial charge on any atom is 0.493 e. The smallest absolute Gasteiger partial charge is 0.405 e. The Morgan fingerprint density at radius 2 is 1.84 bits per heavy atom. The van der Waals surface area contributed by atoms with Crippen LogP contribution in [0.4, 0.5) is 47.7 Å². The van der Waals surface area contributed by atoms with Gasteiger partial charge in [-0.1, -0.05) is 10.8 Å². The van der Waals surface area contributed by atoms with E-state index in [1.54, 1.807) is 6.07 Å². The van der Waals surface area contributed by atoms with Crippen LogP contribution in [0, 0.1) is 17.0 Å². The van der Waals surface area contributed by atoms with Gasteiger partial charge in [-0.05, 0) is 42.8 Å². The van der Waals surface area contributed by atoms with E-state index in [1.165, 1.54) is 12.1 Å². The lowest BCUT2D eigenvalue weighted by molar-refractivity contribution is -0.384. The molecule has 16 heteroatoms. The number of alkyl halides is 3. The van der Waals surface area contributed by atoms with Crippen LogP contribution >= 0.6 is 0 Å². The molecule has 0 radical (unpaired) electrons. The quantitative estimate of drug-likeness (QED) is 0.264. The minimum atomic E-state index is -5.37. The maximum atomic E-state index is 12.6. The van der Waals surface area contributed by atoms with E-state index in [1.807, 2.05) is 38.1 Å². The summed E-state index contributed by atoms with van der Waals surface area (Å²) in [6, 6.07) is 9.08. The third kappa shape index (κ3) is 5.32. The third-order valence-electron chi connectivity index (χ3n) is 5.12. The van der Waals surface area contributed by atoms with E-state index in [0.717, 1.165) is 23.5 Å². The highest BCUT2D eigenvalue weighted by molar-refractivity contribution is 5.81. The van der Waals surface area contributed by atoms with E-state index in [0.29, 0.717) is 5.69 Å². The number of nitro groups is 1. The van der Waals surface area contributed by atoms with Crippen molar-refractivity contribution in [2.45, 2.75) is 13.1 Å². The van der Waals surface area contributed by atoms with Gasteiger partial charge >= 0.3 is 23.6 Å². The molecular formula is C22H18F3N7O6. The van der Waals surface area contributed by atoms with Gasteiger partial charge in [0, 0.05) is 31.2 Å². The summed E-state index contributed by atoms with van der Waals surface area (Å²) in [6.07, 6.45) is -4.40. The average Bonchev–Trinajstić information content (AvgIpc) is 3.14. The zero-order valence-corrected chi connectivity index (χ0v) is 19.9. The number of hydrogen-bond donors (Lipinski definition) is 2. The molecule has 4 aromatic rings. The zero-order valence-electron chi connectivity index (χ0n) is 19.9. The van der Waals surface area contributed by atoms with Gasteiger partial charge in [0.1, 0.15) is 11.7 Å². The van der Waals surface area contributed by atoms with Gasteiger partial charge in [0.15, 0.2) is 5.58 Å². The van der Waals surface area contributed by atoms with Crippen molar-refractivity contribution in [3.63, 3.8) is 0 Å². The molecule has 0 fully saturated rings. The highest BCUT2D eigenvalue weighted by atomic mass is 19.4. The second-order valence-electron chi connectivity index (χ2n) is 8.05. The van der Waals surface area contributed by atoms with Crippen molar-refractivity contribution in [1.29, 1.82) is 0 Å². The number of carbonyl (C=O) groups excluding carboxylic acids is 1. The fourth-order valence-corrected chi connectivity index (χ4v) is 3.39. The Morgan fingerprint density at radius 1 is 1.16 bits per heavy atom. The van der Waals surface area contributed by atoms with Gasteiger partial charge in [-0.2, -0.15) is 18.2 Å². The van der Waals surface area contributed by atoms with Crippen LogP contribution in [0.1, 0.15) is 5.56 Å². The van der Waals surface area contributed by atoms with Crippen molar-refractivity contribution in [2.75, 3.05) is 29.6 Å². The predicted molar refractivity (Wildman–Crippen MR) is 129 cm³/mol. The lowest BCUT2D eigenvalue weighted by Gasteiger charge is -2.17. The van der Waals surface area contributed by atoms with Gasteiger partial charge < -0.3 is 24.8 Å². The molecule has 0 aliphatic rings. The molecule has 198 valence electrons. The zero-order chi connectivity index (χ0) is 27.8. The molecule has 13 nitrogen and oxygen atoms in total. The van der Waals surface area contributed by atoms with Crippen LogP contribution in [0.5, 0.6) is 0 Å². The summed E-state index contributed by atoms with van der Waals surface area (Å²) >= 11 is 0. The molecule has 0 saturated carbocycles. The average molecular weight is 533 g/mol. The monoisotopic (exact) mass is 533 g/mol. The molecule has 0 atom stereocenters. The van der Waals surface area contributed by atoms with E-state index in [-0.39, 0.29) is 33.3 Å². The fourth-order valence-electron chi connectivity index (χ4n) is 3.39. The van der Waals surface area contributed by atoms with Gasteiger partial charge in [-0.3, -0.25) is 10.1 Å². The van der Waals surface area contributed by atoms with Crippen molar-refractivity contribution in [3.8, 4) is 0 Å². The number of nitrogens with one attached hydrogen (secondary N) is 2. The number of benzene rings is 2. The lowest BCUT2D eigenvalue weighted by Crippen LogP contribution is -2.36. The fraction of sp³-hybridized carbons (Fsp3) is 0.182. The highest BCUT2D eigenvalue weighted by Gasteiger charge is 2.42. The third-order valence-corrected chi connectivity index (χ3v) is 5.12. The molecule has 0 amide bonds. The number of oxazole rings is 1. The topological polar surface area (TPSA) is 158 Å². The van der Waals surface area contributed by atoms with E-state index in [2.05, 4.69) is 25.4 Å². The summed E-state index contributed by atoms with van der Waals surface area (Å²) in [5.74, 6) is -4.29. The van der Waals surface area contributed by atoms with Gasteiger partial charge in [-0.25, -0.2) is 14.6 Å². The van der Waals surface area contributed by atoms with Crippen molar-refractivity contribution < 1.29 is 32.1 Å². The van der Waals surface area contributed by atoms with Gasteiger partial charge in [0.2, 0.25) is 11.8 Å². The van der Waals surface area contributed by atoms with Crippen LogP contribution < -0.4 is 26.1 Å². The number of halogens is 3. The second kappa shape index (κ2) is 9.72. The SMILES string of the molecule is Cc1ccc(Nc2ncc([N+](=O)[O-])c(Nc3ccc4oc(=O)n(OC(=O)C(F)(F)F)c4c3)n2)cc1N(C)C. The molecule has 0 aliphatic heterocycles. The number of anilines is 5. The summed E-state index contributed by atoms with van der Waals surface area (Å²) in [5.41, 5.74) is 1.53. The van der Waals surface area contributed by atoms with Crippen LogP contribution in [0.15, 0.2) is 51.8 Å². The highest BCUT2D eigenvalue weighted by Crippen LogP contribution is 2.29. The first-order valence-corrected chi connectivity index (χ1v) is 10.6. The summed E-state index contributed by atoms with van der Waals surface area (Å²) in [7, 11) is 3.74. The number of rotatable bonds is 7. The van der Waals surface area contributed by atoms with Crippen molar-refractivity contribution in [1.82, 2.24) is 14.7 Å². The molecule has 0 spiro atoms. The molecule has 4 rings (SSSR count). The molecule has 2 N–H and O–H groups in total. The molecule has 0 saturated heterocycles. The lowest BCUT2D eigenvalue weighted by atomic mass is 10.1. The van der Waals surface area contributed by atoms with E-state index in [9.17, 15) is 32.9 Å². The molecule has 0 unspecified atom stereocenters. The van der Waals surface area contributed by atoms with Crippen LogP contribution in [0.3, 0.4) is 0 Å². The van der Waals surface area contributed by atoms with Gasteiger partial charge in [0.05, 0.1) is 4.92 Å². The van der Waals surface area contributed by atoms with Gasteiger partial charge in [-0.15, -0.1) is 0 Å². The van der Waals surface area contributed by atoms with Crippen molar-refractivity contribution >= 4 is 51.6 Å².